The fourth-order valence-corrected chi connectivity index (χ4v) is 4.20. The minimum Gasteiger partial charge on any atom is -0.507 e. The zero-order valence-electron chi connectivity index (χ0n) is 22.1. The number of nitrogens with zero attached hydrogens (tertiary/aromatic N) is 2. The van der Waals surface area contributed by atoms with E-state index in [0.29, 0.717) is 23.4 Å². The van der Waals surface area contributed by atoms with Crippen molar-refractivity contribution in [3.8, 4) is 5.75 Å². The van der Waals surface area contributed by atoms with Crippen LogP contribution in [0.2, 0.25) is 0 Å². The number of rotatable bonds is 6. The summed E-state index contributed by atoms with van der Waals surface area (Å²) in [6.07, 6.45) is 0. The molecule has 2 aromatic rings. The van der Waals surface area contributed by atoms with Crippen molar-refractivity contribution < 1.29 is 19.4 Å². The summed E-state index contributed by atoms with van der Waals surface area (Å²) in [4.78, 5) is 27.2. The molecule has 8 nitrogen and oxygen atoms in total. The van der Waals surface area contributed by atoms with Crippen molar-refractivity contribution in [1.29, 1.82) is 5.41 Å². The van der Waals surface area contributed by atoms with Crippen LogP contribution in [-0.2, 0) is 26.9 Å². The van der Waals surface area contributed by atoms with Crippen molar-refractivity contribution in [3.63, 3.8) is 0 Å². The predicted octanol–water partition coefficient (Wildman–Crippen LogP) is 4.44. The molecule has 0 saturated heterocycles. The van der Waals surface area contributed by atoms with E-state index in [1.165, 1.54) is 7.11 Å². The molecule has 0 aliphatic carbocycles. The Morgan fingerprint density at radius 3 is 2.14 bits per heavy atom. The Morgan fingerprint density at radius 2 is 1.64 bits per heavy atom. The van der Waals surface area contributed by atoms with E-state index in [0.717, 1.165) is 21.7 Å². The van der Waals surface area contributed by atoms with E-state index in [2.05, 4.69) is 0 Å². The van der Waals surface area contributed by atoms with Gasteiger partial charge in [-0.15, -0.1) is 17.0 Å². The van der Waals surface area contributed by atoms with E-state index in [9.17, 15) is 14.7 Å². The lowest BCUT2D eigenvalue weighted by atomic mass is 9.78. The van der Waals surface area contributed by atoms with Crippen molar-refractivity contribution in [1.82, 2.24) is 4.90 Å². The van der Waals surface area contributed by atoms with Gasteiger partial charge in [0.2, 0.25) is 0 Å². The molecule has 1 aliphatic rings. The second-order valence-electron chi connectivity index (χ2n) is 11.1. The number of nitrogens with one attached hydrogen (secondary N) is 1. The monoisotopic (exact) mass is 560 g/mol. The first-order valence-corrected chi connectivity index (χ1v) is 11.6. The van der Waals surface area contributed by atoms with Gasteiger partial charge in [-0.3, -0.25) is 15.0 Å². The number of hydrogen-bond acceptors (Lipinski definition) is 6. The molecule has 0 spiro atoms. The van der Waals surface area contributed by atoms with Gasteiger partial charge in [-0.05, 0) is 40.7 Å². The maximum atomic E-state index is 13.4. The first-order valence-electron chi connectivity index (χ1n) is 11.6. The highest BCUT2D eigenvalue weighted by Crippen LogP contribution is 2.40. The zero-order chi connectivity index (χ0) is 26.3. The summed E-state index contributed by atoms with van der Waals surface area (Å²) in [5, 5.41) is 20.6. The number of anilines is 1. The molecule has 9 heteroatoms. The van der Waals surface area contributed by atoms with Crippen LogP contribution in [0.5, 0.6) is 5.75 Å². The van der Waals surface area contributed by atoms with Crippen LogP contribution in [0.1, 0.15) is 74.2 Å². The molecule has 0 aromatic heterocycles. The average Bonchev–Trinajstić information content (AvgIpc) is 3.06. The Hall–Kier alpha value is -2.75. The number of hydrazine groups is 1. The molecule has 0 unspecified atom stereocenters. The van der Waals surface area contributed by atoms with Crippen molar-refractivity contribution in [2.75, 3.05) is 25.3 Å². The molecular formula is C27H37BrN4O4. The van der Waals surface area contributed by atoms with Gasteiger partial charge in [0.1, 0.15) is 18.2 Å². The van der Waals surface area contributed by atoms with Crippen LogP contribution in [0.25, 0.3) is 0 Å². The number of amidine groups is 1. The number of ether oxygens (including phenoxy) is 1. The normalized spacial score (nSPS) is 13.3. The number of nitrogens with two attached hydrogens (primary N) is 1. The Kier molecular flexibility index (Phi) is 8.76. The minimum atomic E-state index is -0.402. The second-order valence-corrected chi connectivity index (χ2v) is 11.1. The lowest BCUT2D eigenvalue weighted by Gasteiger charge is -2.28. The number of phenolic OH excluding ortho intramolecular Hbond substituents is 1. The summed E-state index contributed by atoms with van der Waals surface area (Å²) >= 11 is 0. The molecule has 0 fully saturated rings. The minimum absolute atomic E-state index is 0. The van der Waals surface area contributed by atoms with Crippen molar-refractivity contribution >= 4 is 40.2 Å². The van der Waals surface area contributed by atoms with Gasteiger partial charge in [-0.2, -0.15) is 0 Å². The standard InChI is InChI=1S/C27H36N4O4.BrH/c1-26(2,3)20-10-17(11-21(24(20)34)27(4,5)6)22(32)14-30-13-16-8-9-18(12-19(16)25(30)28)31(29)23(33)15-35-7;/h8-12,28,34H,13-15,29H2,1-7H3;1H. The van der Waals surface area contributed by atoms with Gasteiger partial charge in [-0.25, -0.2) is 10.9 Å². The third kappa shape index (κ3) is 5.96. The van der Waals surface area contributed by atoms with E-state index in [1.807, 2.05) is 47.6 Å². The second kappa shape index (κ2) is 10.7. The molecule has 3 rings (SSSR count). The molecule has 196 valence electrons. The third-order valence-corrected chi connectivity index (χ3v) is 6.22. The SMILES string of the molecule is Br.COCC(=O)N(N)c1ccc2c(c1)C(=N)N(CC(=O)c1cc(C(C)(C)C)c(O)c(C(C)(C)C)c1)C2. The van der Waals surface area contributed by atoms with Gasteiger partial charge in [0.25, 0.3) is 5.91 Å². The highest BCUT2D eigenvalue weighted by molar-refractivity contribution is 8.93. The van der Waals surface area contributed by atoms with Crippen LogP contribution in [0.15, 0.2) is 30.3 Å². The van der Waals surface area contributed by atoms with Gasteiger partial charge < -0.3 is 14.7 Å². The van der Waals surface area contributed by atoms with E-state index in [1.54, 1.807) is 29.2 Å². The molecule has 0 radical (unpaired) electrons. The summed E-state index contributed by atoms with van der Waals surface area (Å²) in [6.45, 7) is 12.3. The number of Topliss-reactive ketones (excluding diaryl/α,β-unsaturated/α-hetero) is 1. The molecule has 36 heavy (non-hydrogen) atoms. The number of halogens is 1. The number of ketones is 1. The number of phenols is 1. The Balaban J connectivity index is 0.00000456. The van der Waals surface area contributed by atoms with Crippen LogP contribution in [-0.4, -0.2) is 47.8 Å². The summed E-state index contributed by atoms with van der Waals surface area (Å²) in [5.74, 6) is 5.81. The highest BCUT2D eigenvalue weighted by Gasteiger charge is 2.30. The molecule has 2 aromatic carbocycles. The van der Waals surface area contributed by atoms with Crippen molar-refractivity contribution in [2.24, 2.45) is 5.84 Å². The first kappa shape index (κ1) is 29.5. The summed E-state index contributed by atoms with van der Waals surface area (Å²) in [5.41, 5.74) is 3.24. The lowest BCUT2D eigenvalue weighted by molar-refractivity contribution is -0.122. The Labute approximate surface area is 223 Å². The fourth-order valence-electron chi connectivity index (χ4n) is 4.20. The summed E-state index contributed by atoms with van der Waals surface area (Å²) < 4.78 is 4.85. The Morgan fingerprint density at radius 1 is 1.08 bits per heavy atom. The van der Waals surface area contributed by atoms with E-state index in [-0.39, 0.29) is 58.3 Å². The van der Waals surface area contributed by atoms with Crippen LogP contribution < -0.4 is 10.9 Å². The molecule has 1 heterocycles. The number of carbonyl (C=O) groups excluding carboxylic acids is 2. The predicted molar refractivity (Wildman–Crippen MR) is 147 cm³/mol. The van der Waals surface area contributed by atoms with Gasteiger partial charge in [0, 0.05) is 35.9 Å². The van der Waals surface area contributed by atoms with E-state index < -0.39 is 5.91 Å². The first-order chi connectivity index (χ1) is 16.1. The van der Waals surface area contributed by atoms with Crippen LogP contribution in [0.4, 0.5) is 5.69 Å². The van der Waals surface area contributed by atoms with Gasteiger partial charge in [-0.1, -0.05) is 47.6 Å². The number of fused-ring (bicyclic) bond motifs is 1. The summed E-state index contributed by atoms with van der Waals surface area (Å²) in [6, 6.07) is 8.76. The molecule has 4 N–H and O–H groups in total. The number of aromatic hydroxyl groups is 1. The van der Waals surface area contributed by atoms with Crippen molar-refractivity contribution in [2.45, 2.75) is 58.9 Å². The molecule has 0 bridgehead atoms. The van der Waals surface area contributed by atoms with Gasteiger partial charge >= 0.3 is 0 Å². The van der Waals surface area contributed by atoms with Gasteiger partial charge in [0.15, 0.2) is 5.78 Å². The van der Waals surface area contributed by atoms with Crippen LogP contribution in [0.3, 0.4) is 0 Å². The van der Waals surface area contributed by atoms with Gasteiger partial charge in [0.05, 0.1) is 12.2 Å². The molecule has 1 aliphatic heterocycles. The highest BCUT2D eigenvalue weighted by atomic mass is 79.9. The smallest absolute Gasteiger partial charge is 0.267 e. The van der Waals surface area contributed by atoms with E-state index >= 15 is 0 Å². The molecule has 0 saturated carbocycles. The van der Waals surface area contributed by atoms with Crippen LogP contribution >= 0.6 is 17.0 Å². The zero-order valence-corrected chi connectivity index (χ0v) is 23.8. The number of hydrogen-bond donors (Lipinski definition) is 3. The number of benzene rings is 2. The quantitative estimate of drug-likeness (QED) is 0.208. The van der Waals surface area contributed by atoms with Crippen LogP contribution in [0, 0.1) is 5.41 Å². The number of methoxy groups -OCH3 is 1. The summed E-state index contributed by atoms with van der Waals surface area (Å²) in [7, 11) is 1.42. The number of carbonyl (C=O) groups is 2. The maximum absolute atomic E-state index is 13.4. The third-order valence-electron chi connectivity index (χ3n) is 6.22. The molecule has 1 amide bonds. The van der Waals surface area contributed by atoms with E-state index in [4.69, 9.17) is 16.0 Å². The fraction of sp³-hybridized carbons (Fsp3) is 0.444. The number of amides is 1. The molecular weight excluding hydrogens is 524 g/mol. The van der Waals surface area contributed by atoms with Crippen molar-refractivity contribution in [3.05, 3.63) is 58.1 Å². The topological polar surface area (TPSA) is 120 Å². The maximum Gasteiger partial charge on any atom is 0.267 e. The lowest BCUT2D eigenvalue weighted by Crippen LogP contribution is -2.39. The Bertz CT molecular complexity index is 1150. The molecule has 0 atom stereocenters. The largest absolute Gasteiger partial charge is 0.507 e. The average molecular weight is 562 g/mol.